The van der Waals surface area contributed by atoms with Gasteiger partial charge in [0.2, 0.25) is 0 Å². The Bertz CT molecular complexity index is 1040. The van der Waals surface area contributed by atoms with E-state index in [0.717, 1.165) is 5.56 Å². The lowest BCUT2D eigenvalue weighted by atomic mass is 10.2. The summed E-state index contributed by atoms with van der Waals surface area (Å²) >= 11 is 0. The third-order valence-electron chi connectivity index (χ3n) is 4.03. The molecule has 0 heterocycles. The van der Waals surface area contributed by atoms with Gasteiger partial charge >= 0.3 is 11.8 Å². The summed E-state index contributed by atoms with van der Waals surface area (Å²) in [4.78, 5) is 23.6. The maximum absolute atomic E-state index is 13.2. The predicted molar refractivity (Wildman–Crippen MR) is 111 cm³/mol. The number of benzene rings is 3. The molecule has 0 fully saturated rings. The summed E-state index contributed by atoms with van der Waals surface area (Å²) in [5.74, 6) is -1.39. The first-order valence-corrected chi connectivity index (χ1v) is 9.22. The molecule has 3 rings (SSSR count). The minimum atomic E-state index is -0.860. The molecule has 2 N–H and O–H groups in total. The Morgan fingerprint density at radius 3 is 2.47 bits per heavy atom. The zero-order valence-electron chi connectivity index (χ0n) is 16.0. The molecule has 30 heavy (non-hydrogen) atoms. The monoisotopic (exact) mass is 405 g/mol. The van der Waals surface area contributed by atoms with Crippen molar-refractivity contribution in [2.45, 2.75) is 13.2 Å². The second-order valence-electron chi connectivity index (χ2n) is 6.36. The van der Waals surface area contributed by atoms with Crippen LogP contribution in [0.3, 0.4) is 0 Å². The highest BCUT2D eigenvalue weighted by atomic mass is 19.1. The topological polar surface area (TPSA) is 79.8 Å². The number of ether oxygens (including phenoxy) is 1. The summed E-state index contributed by atoms with van der Waals surface area (Å²) in [6, 6.07) is 22.4. The third kappa shape index (κ3) is 6.56. The Labute approximate surface area is 173 Å². The van der Waals surface area contributed by atoms with Crippen molar-refractivity contribution in [3.05, 3.63) is 101 Å². The Morgan fingerprint density at radius 1 is 0.900 bits per heavy atom. The SMILES string of the molecule is O=C(NCc1ccccc1)C(=O)N/N=C\c1cccc(OCc2cccc(F)c2)c1. The van der Waals surface area contributed by atoms with Gasteiger partial charge < -0.3 is 10.1 Å². The summed E-state index contributed by atoms with van der Waals surface area (Å²) in [6.07, 6.45) is 1.40. The fraction of sp³-hybridized carbons (Fsp3) is 0.0870. The molecule has 0 aliphatic heterocycles. The summed E-state index contributed by atoms with van der Waals surface area (Å²) in [5, 5.41) is 6.32. The molecule has 0 bridgehead atoms. The number of hydrazone groups is 1. The number of hydrogen-bond acceptors (Lipinski definition) is 4. The predicted octanol–water partition coefficient (Wildman–Crippen LogP) is 3.17. The minimum Gasteiger partial charge on any atom is -0.489 e. The van der Waals surface area contributed by atoms with Crippen molar-refractivity contribution in [1.82, 2.24) is 10.7 Å². The Morgan fingerprint density at radius 2 is 1.67 bits per heavy atom. The van der Waals surface area contributed by atoms with E-state index < -0.39 is 11.8 Å². The molecule has 3 aromatic rings. The van der Waals surface area contributed by atoms with Crippen LogP contribution in [0.2, 0.25) is 0 Å². The van der Waals surface area contributed by atoms with E-state index in [1.807, 2.05) is 30.3 Å². The Kier molecular flexibility index (Phi) is 7.27. The van der Waals surface area contributed by atoms with Crippen LogP contribution in [0.5, 0.6) is 5.75 Å². The molecule has 0 aliphatic carbocycles. The van der Waals surface area contributed by atoms with E-state index in [1.165, 1.54) is 18.3 Å². The lowest BCUT2D eigenvalue weighted by molar-refractivity contribution is -0.139. The van der Waals surface area contributed by atoms with Crippen LogP contribution in [0.25, 0.3) is 0 Å². The van der Waals surface area contributed by atoms with Crippen LogP contribution in [0.15, 0.2) is 84.0 Å². The first-order valence-electron chi connectivity index (χ1n) is 9.22. The Hall–Kier alpha value is -4.00. The number of halogens is 1. The van der Waals surface area contributed by atoms with Gasteiger partial charge in [-0.25, -0.2) is 9.82 Å². The van der Waals surface area contributed by atoms with Crippen molar-refractivity contribution < 1.29 is 18.7 Å². The number of amides is 2. The molecule has 0 saturated heterocycles. The fourth-order valence-corrected chi connectivity index (χ4v) is 2.55. The molecule has 0 unspecified atom stereocenters. The van der Waals surface area contributed by atoms with Gasteiger partial charge in [-0.05, 0) is 41.0 Å². The van der Waals surface area contributed by atoms with Gasteiger partial charge in [0.1, 0.15) is 18.2 Å². The lowest BCUT2D eigenvalue weighted by Crippen LogP contribution is -2.37. The van der Waals surface area contributed by atoms with Gasteiger partial charge in [0.15, 0.2) is 0 Å². The van der Waals surface area contributed by atoms with E-state index in [1.54, 1.807) is 36.4 Å². The molecule has 0 aromatic heterocycles. The maximum atomic E-state index is 13.2. The highest BCUT2D eigenvalue weighted by Crippen LogP contribution is 2.14. The summed E-state index contributed by atoms with van der Waals surface area (Å²) in [6.45, 7) is 0.470. The molecule has 0 atom stereocenters. The lowest BCUT2D eigenvalue weighted by Gasteiger charge is -2.07. The van der Waals surface area contributed by atoms with Crippen molar-refractivity contribution in [1.29, 1.82) is 0 Å². The van der Waals surface area contributed by atoms with E-state index in [4.69, 9.17) is 4.74 Å². The molecular weight excluding hydrogens is 385 g/mol. The van der Waals surface area contributed by atoms with Crippen LogP contribution < -0.4 is 15.5 Å². The van der Waals surface area contributed by atoms with Crippen molar-refractivity contribution in [3.8, 4) is 5.75 Å². The third-order valence-corrected chi connectivity index (χ3v) is 4.03. The highest BCUT2D eigenvalue weighted by Gasteiger charge is 2.11. The normalized spacial score (nSPS) is 10.6. The second kappa shape index (κ2) is 10.5. The number of nitrogens with zero attached hydrogens (tertiary/aromatic N) is 1. The number of carbonyl (C=O) groups excluding carboxylic acids is 2. The van der Waals surface area contributed by atoms with E-state index in [-0.39, 0.29) is 19.0 Å². The largest absolute Gasteiger partial charge is 0.489 e. The molecule has 0 spiro atoms. The zero-order chi connectivity index (χ0) is 21.2. The second-order valence-corrected chi connectivity index (χ2v) is 6.36. The molecule has 0 radical (unpaired) electrons. The number of carbonyl (C=O) groups is 2. The molecule has 0 aliphatic rings. The number of rotatable bonds is 7. The Balaban J connectivity index is 1.47. The van der Waals surface area contributed by atoms with Crippen LogP contribution in [-0.2, 0) is 22.7 Å². The van der Waals surface area contributed by atoms with E-state index in [9.17, 15) is 14.0 Å². The van der Waals surface area contributed by atoms with Crippen LogP contribution in [0.1, 0.15) is 16.7 Å². The standard InChI is InChI=1S/C23H20FN3O3/c24-20-10-4-9-19(12-20)16-30-21-11-5-8-18(13-21)15-26-27-23(29)22(28)25-14-17-6-2-1-3-7-17/h1-13,15H,14,16H2,(H,25,28)(H,27,29)/b26-15-. The quantitative estimate of drug-likeness (QED) is 0.360. The van der Waals surface area contributed by atoms with Crippen LogP contribution in [0.4, 0.5) is 4.39 Å². The maximum Gasteiger partial charge on any atom is 0.329 e. The van der Waals surface area contributed by atoms with E-state index in [0.29, 0.717) is 16.9 Å². The van der Waals surface area contributed by atoms with Crippen molar-refractivity contribution >= 4 is 18.0 Å². The van der Waals surface area contributed by atoms with Gasteiger partial charge in [-0.3, -0.25) is 9.59 Å². The first-order chi connectivity index (χ1) is 14.6. The summed E-state index contributed by atoms with van der Waals surface area (Å²) in [5.41, 5.74) is 4.45. The molecular formula is C23H20FN3O3. The van der Waals surface area contributed by atoms with Crippen molar-refractivity contribution in [2.24, 2.45) is 5.10 Å². The van der Waals surface area contributed by atoms with Gasteiger partial charge in [0.05, 0.1) is 6.21 Å². The fourth-order valence-electron chi connectivity index (χ4n) is 2.55. The van der Waals surface area contributed by atoms with Crippen LogP contribution in [0, 0.1) is 5.82 Å². The van der Waals surface area contributed by atoms with Gasteiger partial charge in [-0.2, -0.15) is 5.10 Å². The average molecular weight is 405 g/mol. The summed E-state index contributed by atoms with van der Waals surface area (Å²) in [7, 11) is 0. The van der Waals surface area contributed by atoms with Crippen molar-refractivity contribution in [2.75, 3.05) is 0 Å². The van der Waals surface area contributed by atoms with E-state index >= 15 is 0 Å². The van der Waals surface area contributed by atoms with Crippen molar-refractivity contribution in [3.63, 3.8) is 0 Å². The van der Waals surface area contributed by atoms with Gasteiger partial charge in [-0.15, -0.1) is 0 Å². The number of nitrogens with one attached hydrogen (secondary N) is 2. The average Bonchev–Trinajstić information content (AvgIpc) is 2.77. The van der Waals surface area contributed by atoms with Crippen LogP contribution >= 0.6 is 0 Å². The van der Waals surface area contributed by atoms with E-state index in [2.05, 4.69) is 15.8 Å². The minimum absolute atomic E-state index is 0.219. The highest BCUT2D eigenvalue weighted by molar-refractivity contribution is 6.35. The van der Waals surface area contributed by atoms with Gasteiger partial charge in [0, 0.05) is 6.54 Å². The van der Waals surface area contributed by atoms with Crippen LogP contribution in [-0.4, -0.2) is 18.0 Å². The zero-order valence-corrected chi connectivity index (χ0v) is 16.0. The molecule has 7 heteroatoms. The molecule has 6 nitrogen and oxygen atoms in total. The summed E-state index contributed by atoms with van der Waals surface area (Å²) < 4.78 is 18.9. The van der Waals surface area contributed by atoms with Gasteiger partial charge in [0.25, 0.3) is 0 Å². The molecule has 0 saturated carbocycles. The molecule has 3 aromatic carbocycles. The van der Waals surface area contributed by atoms with Gasteiger partial charge in [-0.1, -0.05) is 54.6 Å². The number of hydrogen-bond donors (Lipinski definition) is 2. The first kappa shape index (κ1) is 20.7. The molecule has 152 valence electrons. The smallest absolute Gasteiger partial charge is 0.329 e. The molecule has 2 amide bonds.